The van der Waals surface area contributed by atoms with Crippen LogP contribution in [0, 0.1) is 5.92 Å². The minimum absolute atomic E-state index is 0.00614. The highest BCUT2D eigenvalue weighted by atomic mass is 32.2. The number of piperazine rings is 1. The van der Waals surface area contributed by atoms with Gasteiger partial charge in [-0.2, -0.15) is 4.31 Å². The summed E-state index contributed by atoms with van der Waals surface area (Å²) in [4.78, 5) is 26.9. The van der Waals surface area contributed by atoms with Gasteiger partial charge in [-0.1, -0.05) is 6.07 Å². The van der Waals surface area contributed by atoms with Crippen molar-refractivity contribution in [3.8, 4) is 0 Å². The van der Waals surface area contributed by atoms with E-state index in [-0.39, 0.29) is 18.4 Å². The highest BCUT2D eigenvalue weighted by molar-refractivity contribution is 7.91. The Morgan fingerprint density at radius 3 is 2.58 bits per heavy atom. The number of hydrogen-bond acceptors (Lipinski definition) is 5. The Balaban J connectivity index is 1.65. The van der Waals surface area contributed by atoms with Crippen LogP contribution in [0.1, 0.15) is 12.8 Å². The molecule has 0 bridgehead atoms. The smallest absolute Gasteiger partial charge is 0.252 e. The summed E-state index contributed by atoms with van der Waals surface area (Å²) in [6.45, 7) is 2.83. The van der Waals surface area contributed by atoms with Crippen LogP contribution >= 0.6 is 11.3 Å². The molecule has 0 aromatic carbocycles. The van der Waals surface area contributed by atoms with Gasteiger partial charge in [-0.3, -0.25) is 9.59 Å². The molecule has 132 valence electrons. The van der Waals surface area contributed by atoms with Gasteiger partial charge in [-0.15, -0.1) is 11.3 Å². The molecule has 1 atom stereocenters. The summed E-state index contributed by atoms with van der Waals surface area (Å²) in [6, 6.07) is 3.32. The number of nitrogens with zero attached hydrogens (tertiary/aromatic N) is 3. The number of hydrogen-bond donors (Lipinski definition) is 0. The number of amides is 2. The van der Waals surface area contributed by atoms with E-state index in [0.717, 1.165) is 6.41 Å². The summed E-state index contributed by atoms with van der Waals surface area (Å²) in [5.74, 6) is -0.289. The van der Waals surface area contributed by atoms with E-state index in [1.165, 1.54) is 15.6 Å². The van der Waals surface area contributed by atoms with Gasteiger partial charge in [0.1, 0.15) is 4.21 Å². The molecule has 0 radical (unpaired) electrons. The summed E-state index contributed by atoms with van der Waals surface area (Å²) >= 11 is 1.20. The number of carbonyl (C=O) groups excluding carboxylic acids is 2. The fourth-order valence-corrected chi connectivity index (χ4v) is 5.87. The standard InChI is InChI=1S/C15H21N3O4S2/c19-12-16-6-8-17(9-7-16)15(20)13-3-1-5-18(11-13)24(21,22)14-4-2-10-23-14/h2,4,10,12-13H,1,3,5-9,11H2/t13-/m0/s1. The maximum Gasteiger partial charge on any atom is 0.252 e. The Kier molecular flexibility index (Phi) is 5.21. The lowest BCUT2D eigenvalue weighted by atomic mass is 9.98. The van der Waals surface area contributed by atoms with Crippen molar-refractivity contribution < 1.29 is 18.0 Å². The minimum atomic E-state index is -3.50. The Labute approximate surface area is 145 Å². The Bertz CT molecular complexity index is 682. The van der Waals surface area contributed by atoms with E-state index in [1.807, 2.05) is 0 Å². The van der Waals surface area contributed by atoms with Gasteiger partial charge in [0.2, 0.25) is 12.3 Å². The first-order valence-electron chi connectivity index (χ1n) is 8.04. The number of thiophene rings is 1. The van der Waals surface area contributed by atoms with E-state index >= 15 is 0 Å². The zero-order valence-corrected chi connectivity index (χ0v) is 15.0. The second-order valence-electron chi connectivity index (χ2n) is 6.10. The van der Waals surface area contributed by atoms with Crippen LogP contribution in [-0.4, -0.2) is 74.1 Å². The summed E-state index contributed by atoms with van der Waals surface area (Å²) < 4.78 is 27.0. The van der Waals surface area contributed by atoms with Crippen molar-refractivity contribution in [2.45, 2.75) is 17.1 Å². The van der Waals surface area contributed by atoms with Gasteiger partial charge >= 0.3 is 0 Å². The molecule has 3 heterocycles. The van der Waals surface area contributed by atoms with Crippen LogP contribution in [-0.2, 0) is 19.6 Å². The van der Waals surface area contributed by atoms with Gasteiger partial charge < -0.3 is 9.80 Å². The highest BCUT2D eigenvalue weighted by Gasteiger charge is 2.36. The largest absolute Gasteiger partial charge is 0.342 e. The number of carbonyl (C=O) groups is 2. The highest BCUT2D eigenvalue weighted by Crippen LogP contribution is 2.27. The topological polar surface area (TPSA) is 78.0 Å². The van der Waals surface area contributed by atoms with E-state index in [2.05, 4.69) is 0 Å². The Hall–Kier alpha value is -1.45. The summed E-state index contributed by atoms with van der Waals surface area (Å²) in [5, 5.41) is 1.74. The number of sulfonamides is 1. The molecule has 0 unspecified atom stereocenters. The molecule has 2 fully saturated rings. The van der Waals surface area contributed by atoms with Crippen LogP contribution in [0.2, 0.25) is 0 Å². The van der Waals surface area contributed by atoms with Crippen LogP contribution in [0.25, 0.3) is 0 Å². The van der Waals surface area contributed by atoms with Gasteiger partial charge in [0.25, 0.3) is 10.0 Å². The number of rotatable bonds is 4. The average molecular weight is 371 g/mol. The normalized spacial score (nSPS) is 23.2. The molecule has 0 saturated carbocycles. The lowest BCUT2D eigenvalue weighted by Crippen LogP contribution is -2.52. The van der Waals surface area contributed by atoms with Crippen LogP contribution in [0.5, 0.6) is 0 Å². The summed E-state index contributed by atoms with van der Waals surface area (Å²) in [7, 11) is -3.50. The summed E-state index contributed by atoms with van der Waals surface area (Å²) in [6.07, 6.45) is 2.20. The van der Waals surface area contributed by atoms with Crippen molar-refractivity contribution in [1.29, 1.82) is 0 Å². The molecule has 0 aliphatic carbocycles. The van der Waals surface area contributed by atoms with Crippen molar-refractivity contribution >= 4 is 33.7 Å². The third kappa shape index (κ3) is 3.47. The first-order chi connectivity index (χ1) is 11.5. The van der Waals surface area contributed by atoms with Crippen LogP contribution in [0.15, 0.2) is 21.7 Å². The molecule has 9 heteroatoms. The van der Waals surface area contributed by atoms with Crippen LogP contribution in [0.4, 0.5) is 0 Å². The monoisotopic (exact) mass is 371 g/mol. The fourth-order valence-electron chi connectivity index (χ4n) is 3.21. The second kappa shape index (κ2) is 7.20. The predicted octanol–water partition coefficient (Wildman–Crippen LogP) is 0.449. The molecule has 24 heavy (non-hydrogen) atoms. The molecule has 2 aliphatic rings. The molecule has 7 nitrogen and oxygen atoms in total. The van der Waals surface area contributed by atoms with Crippen molar-refractivity contribution in [1.82, 2.24) is 14.1 Å². The van der Waals surface area contributed by atoms with E-state index in [4.69, 9.17) is 0 Å². The molecule has 1 aromatic rings. The molecule has 2 saturated heterocycles. The maximum absolute atomic E-state index is 12.7. The van der Waals surface area contributed by atoms with E-state index in [0.29, 0.717) is 49.8 Å². The van der Waals surface area contributed by atoms with E-state index < -0.39 is 10.0 Å². The molecular weight excluding hydrogens is 350 g/mol. The van der Waals surface area contributed by atoms with Gasteiger partial charge in [0.15, 0.2) is 0 Å². The van der Waals surface area contributed by atoms with Crippen molar-refractivity contribution in [3.63, 3.8) is 0 Å². The minimum Gasteiger partial charge on any atom is -0.342 e. The molecule has 2 amide bonds. The van der Waals surface area contributed by atoms with Crippen molar-refractivity contribution in [2.24, 2.45) is 5.92 Å². The quantitative estimate of drug-likeness (QED) is 0.720. The number of piperidine rings is 1. The van der Waals surface area contributed by atoms with Gasteiger partial charge in [0, 0.05) is 39.3 Å². The fraction of sp³-hybridized carbons (Fsp3) is 0.600. The lowest BCUT2D eigenvalue weighted by Gasteiger charge is -2.37. The van der Waals surface area contributed by atoms with Crippen LogP contribution in [0.3, 0.4) is 0 Å². The SMILES string of the molecule is O=CN1CCN(C(=O)[C@H]2CCCN(S(=O)(=O)c3cccs3)C2)CC1. The second-order valence-corrected chi connectivity index (χ2v) is 9.21. The van der Waals surface area contributed by atoms with Crippen molar-refractivity contribution in [2.75, 3.05) is 39.3 Å². The van der Waals surface area contributed by atoms with E-state index in [1.54, 1.807) is 27.3 Å². The maximum atomic E-state index is 12.7. The average Bonchev–Trinajstić information content (AvgIpc) is 3.17. The van der Waals surface area contributed by atoms with Gasteiger partial charge in [0.05, 0.1) is 5.92 Å². The zero-order chi connectivity index (χ0) is 17.2. The summed E-state index contributed by atoms with van der Waals surface area (Å²) in [5.41, 5.74) is 0. The van der Waals surface area contributed by atoms with Crippen LogP contribution < -0.4 is 0 Å². The molecular formula is C15H21N3O4S2. The molecule has 0 spiro atoms. The molecule has 3 rings (SSSR count). The zero-order valence-electron chi connectivity index (χ0n) is 13.3. The Morgan fingerprint density at radius 1 is 1.21 bits per heavy atom. The lowest BCUT2D eigenvalue weighted by molar-refractivity contribution is -0.140. The van der Waals surface area contributed by atoms with Gasteiger partial charge in [-0.25, -0.2) is 8.42 Å². The molecule has 0 N–H and O–H groups in total. The van der Waals surface area contributed by atoms with Gasteiger partial charge in [-0.05, 0) is 24.3 Å². The third-order valence-corrected chi connectivity index (χ3v) is 7.84. The first kappa shape index (κ1) is 17.4. The van der Waals surface area contributed by atoms with Crippen molar-refractivity contribution in [3.05, 3.63) is 17.5 Å². The third-order valence-electron chi connectivity index (χ3n) is 4.60. The molecule has 2 aliphatic heterocycles. The Morgan fingerprint density at radius 2 is 1.96 bits per heavy atom. The predicted molar refractivity (Wildman–Crippen MR) is 90.0 cm³/mol. The van der Waals surface area contributed by atoms with E-state index in [9.17, 15) is 18.0 Å². The molecule has 1 aromatic heterocycles. The first-order valence-corrected chi connectivity index (χ1v) is 10.4.